The van der Waals surface area contributed by atoms with Gasteiger partial charge in [0.1, 0.15) is 0 Å². The molecule has 1 heterocycles. The molecule has 0 aliphatic heterocycles. The molecule has 17 heavy (non-hydrogen) atoms. The molecule has 0 aliphatic rings. The fourth-order valence-electron chi connectivity index (χ4n) is 1.41. The highest BCUT2D eigenvalue weighted by atomic mass is 32.2. The van der Waals surface area contributed by atoms with Gasteiger partial charge in [0.05, 0.1) is 18.5 Å². The van der Waals surface area contributed by atoms with Crippen molar-refractivity contribution in [3.63, 3.8) is 0 Å². The largest absolute Gasteiger partial charge is 0.313 e. The second kappa shape index (κ2) is 6.76. The lowest BCUT2D eigenvalue weighted by atomic mass is 10.3. The van der Waals surface area contributed by atoms with Crippen molar-refractivity contribution in [1.29, 1.82) is 0 Å². The van der Waals surface area contributed by atoms with Gasteiger partial charge in [-0.25, -0.2) is 8.42 Å². The standard InChI is InChI=1S/C11H21N3O2S/c1-3-5-12-8-11-9-13-14(10-11)6-7-17(15,16)4-2/h9-10,12H,3-8H2,1-2H3. The third kappa shape index (κ3) is 5.32. The first-order valence-electron chi connectivity index (χ1n) is 6.00. The fraction of sp³-hybridized carbons (Fsp3) is 0.727. The predicted molar refractivity (Wildman–Crippen MR) is 68.6 cm³/mol. The summed E-state index contributed by atoms with van der Waals surface area (Å²) in [5.74, 6) is 0.353. The molecule has 0 saturated carbocycles. The molecule has 0 spiro atoms. The molecule has 0 amide bonds. The minimum Gasteiger partial charge on any atom is -0.313 e. The highest BCUT2D eigenvalue weighted by Crippen LogP contribution is 1.99. The summed E-state index contributed by atoms with van der Waals surface area (Å²) < 4.78 is 24.4. The number of aryl methyl sites for hydroxylation is 1. The van der Waals surface area contributed by atoms with Crippen LogP contribution in [-0.2, 0) is 22.9 Å². The molecule has 1 rings (SSSR count). The molecule has 1 N–H and O–H groups in total. The SMILES string of the molecule is CCCNCc1cnn(CCS(=O)(=O)CC)c1. The second-order valence-corrected chi connectivity index (χ2v) is 6.50. The Morgan fingerprint density at radius 1 is 1.41 bits per heavy atom. The lowest BCUT2D eigenvalue weighted by Gasteiger charge is -2.01. The van der Waals surface area contributed by atoms with Crippen LogP contribution in [0.5, 0.6) is 0 Å². The normalized spacial score (nSPS) is 11.9. The van der Waals surface area contributed by atoms with Crippen molar-refractivity contribution in [2.75, 3.05) is 18.1 Å². The molecular weight excluding hydrogens is 238 g/mol. The van der Waals surface area contributed by atoms with E-state index in [0.29, 0.717) is 6.54 Å². The topological polar surface area (TPSA) is 64.0 Å². The summed E-state index contributed by atoms with van der Waals surface area (Å²) in [6.45, 7) is 5.98. The molecule has 0 atom stereocenters. The van der Waals surface area contributed by atoms with Crippen LogP contribution in [-0.4, -0.2) is 36.2 Å². The third-order valence-electron chi connectivity index (χ3n) is 2.51. The summed E-state index contributed by atoms with van der Waals surface area (Å²) in [5, 5.41) is 7.42. The molecule has 0 fully saturated rings. The number of nitrogens with zero attached hydrogens (tertiary/aromatic N) is 2. The Balaban J connectivity index is 2.40. The van der Waals surface area contributed by atoms with Crippen molar-refractivity contribution in [2.45, 2.75) is 33.4 Å². The van der Waals surface area contributed by atoms with Crippen LogP contribution in [0.1, 0.15) is 25.8 Å². The zero-order chi connectivity index (χ0) is 12.7. The molecule has 0 bridgehead atoms. The number of hydrogen-bond donors (Lipinski definition) is 1. The average molecular weight is 259 g/mol. The van der Waals surface area contributed by atoms with Crippen LogP contribution in [0.25, 0.3) is 0 Å². The Hall–Kier alpha value is -0.880. The van der Waals surface area contributed by atoms with Crippen LogP contribution in [0, 0.1) is 0 Å². The lowest BCUT2D eigenvalue weighted by Crippen LogP contribution is -2.15. The molecule has 0 radical (unpaired) electrons. The van der Waals surface area contributed by atoms with Crippen LogP contribution >= 0.6 is 0 Å². The van der Waals surface area contributed by atoms with Gasteiger partial charge in [-0.2, -0.15) is 5.10 Å². The van der Waals surface area contributed by atoms with E-state index in [9.17, 15) is 8.42 Å². The van der Waals surface area contributed by atoms with Gasteiger partial charge in [-0.05, 0) is 13.0 Å². The maximum atomic E-state index is 11.3. The first-order valence-corrected chi connectivity index (χ1v) is 7.82. The molecule has 5 nitrogen and oxygen atoms in total. The number of sulfone groups is 1. The van der Waals surface area contributed by atoms with Gasteiger partial charge < -0.3 is 5.32 Å². The average Bonchev–Trinajstić information content (AvgIpc) is 2.75. The molecule has 1 aromatic heterocycles. The Labute approximate surface area is 103 Å². The number of aromatic nitrogens is 2. The number of rotatable bonds is 8. The molecule has 0 aromatic carbocycles. The number of nitrogens with one attached hydrogen (secondary N) is 1. The van der Waals surface area contributed by atoms with E-state index in [-0.39, 0.29) is 11.5 Å². The summed E-state index contributed by atoms with van der Waals surface area (Å²) in [7, 11) is -2.91. The van der Waals surface area contributed by atoms with Crippen molar-refractivity contribution >= 4 is 9.84 Å². The van der Waals surface area contributed by atoms with Gasteiger partial charge in [-0.15, -0.1) is 0 Å². The van der Waals surface area contributed by atoms with Crippen LogP contribution in [0.2, 0.25) is 0 Å². The summed E-state index contributed by atoms with van der Waals surface area (Å²) in [6, 6.07) is 0. The van der Waals surface area contributed by atoms with E-state index < -0.39 is 9.84 Å². The highest BCUT2D eigenvalue weighted by Gasteiger charge is 2.07. The summed E-state index contributed by atoms with van der Waals surface area (Å²) in [6.07, 6.45) is 4.78. The monoisotopic (exact) mass is 259 g/mol. The van der Waals surface area contributed by atoms with E-state index in [1.54, 1.807) is 17.8 Å². The zero-order valence-electron chi connectivity index (χ0n) is 10.5. The Bertz CT molecular complexity index is 426. The van der Waals surface area contributed by atoms with Crippen molar-refractivity contribution < 1.29 is 8.42 Å². The van der Waals surface area contributed by atoms with E-state index in [1.165, 1.54) is 0 Å². The summed E-state index contributed by atoms with van der Waals surface area (Å²) >= 11 is 0. The van der Waals surface area contributed by atoms with Crippen molar-refractivity contribution in [2.24, 2.45) is 0 Å². The van der Waals surface area contributed by atoms with Gasteiger partial charge in [-0.1, -0.05) is 13.8 Å². The summed E-state index contributed by atoms with van der Waals surface area (Å²) in [4.78, 5) is 0. The first kappa shape index (κ1) is 14.2. The Morgan fingerprint density at radius 3 is 2.82 bits per heavy atom. The Kier molecular flexibility index (Phi) is 5.64. The zero-order valence-corrected chi connectivity index (χ0v) is 11.3. The van der Waals surface area contributed by atoms with Crippen LogP contribution in [0.3, 0.4) is 0 Å². The first-order chi connectivity index (χ1) is 8.07. The van der Waals surface area contributed by atoms with Crippen molar-refractivity contribution in [3.05, 3.63) is 18.0 Å². The maximum absolute atomic E-state index is 11.3. The van der Waals surface area contributed by atoms with E-state index >= 15 is 0 Å². The minimum atomic E-state index is -2.91. The van der Waals surface area contributed by atoms with Gasteiger partial charge in [0, 0.05) is 24.1 Å². The summed E-state index contributed by atoms with van der Waals surface area (Å²) in [5.41, 5.74) is 1.09. The fourth-order valence-corrected chi connectivity index (χ4v) is 2.16. The van der Waals surface area contributed by atoms with Crippen LogP contribution in [0.15, 0.2) is 12.4 Å². The van der Waals surface area contributed by atoms with Gasteiger partial charge >= 0.3 is 0 Å². The molecule has 6 heteroatoms. The van der Waals surface area contributed by atoms with E-state index in [1.807, 2.05) is 6.20 Å². The van der Waals surface area contributed by atoms with E-state index in [4.69, 9.17) is 0 Å². The molecule has 0 saturated heterocycles. The van der Waals surface area contributed by atoms with Gasteiger partial charge in [0.15, 0.2) is 9.84 Å². The number of hydrogen-bond acceptors (Lipinski definition) is 4. The van der Waals surface area contributed by atoms with Crippen molar-refractivity contribution in [1.82, 2.24) is 15.1 Å². The van der Waals surface area contributed by atoms with Gasteiger partial charge in [0.25, 0.3) is 0 Å². The third-order valence-corrected chi connectivity index (χ3v) is 4.20. The second-order valence-electron chi connectivity index (χ2n) is 4.02. The van der Waals surface area contributed by atoms with E-state index in [0.717, 1.165) is 25.1 Å². The maximum Gasteiger partial charge on any atom is 0.151 e. The van der Waals surface area contributed by atoms with Crippen LogP contribution < -0.4 is 5.32 Å². The van der Waals surface area contributed by atoms with Crippen molar-refractivity contribution in [3.8, 4) is 0 Å². The van der Waals surface area contributed by atoms with E-state index in [2.05, 4.69) is 17.3 Å². The minimum absolute atomic E-state index is 0.160. The van der Waals surface area contributed by atoms with Crippen LogP contribution in [0.4, 0.5) is 0 Å². The Morgan fingerprint density at radius 2 is 2.18 bits per heavy atom. The molecule has 1 aromatic rings. The molecular formula is C11H21N3O2S. The van der Waals surface area contributed by atoms with Gasteiger partial charge in [0.2, 0.25) is 0 Å². The lowest BCUT2D eigenvalue weighted by molar-refractivity contribution is 0.581. The van der Waals surface area contributed by atoms with Gasteiger partial charge in [-0.3, -0.25) is 4.68 Å². The quantitative estimate of drug-likeness (QED) is 0.702. The molecule has 98 valence electrons. The molecule has 0 aliphatic carbocycles. The predicted octanol–water partition coefficient (Wildman–Crippen LogP) is 0.817. The molecule has 0 unspecified atom stereocenters. The highest BCUT2D eigenvalue weighted by molar-refractivity contribution is 7.91. The smallest absolute Gasteiger partial charge is 0.151 e.